The smallest absolute Gasteiger partial charge is 0.159 e. The van der Waals surface area contributed by atoms with Crippen LogP contribution in [0.2, 0.25) is 0 Å². The predicted octanol–water partition coefficient (Wildman–Crippen LogP) is 4.93. The molecule has 0 amide bonds. The van der Waals surface area contributed by atoms with Crippen molar-refractivity contribution in [1.82, 2.24) is 0 Å². The van der Waals surface area contributed by atoms with E-state index in [1.807, 2.05) is 24.3 Å². The average Bonchev–Trinajstić information content (AvgIpc) is 2.58. The molecular weight excluding hydrogens is 284 g/mol. The highest BCUT2D eigenvalue weighted by atomic mass is 16.1. The van der Waals surface area contributed by atoms with E-state index in [9.17, 15) is 4.79 Å². The molecule has 0 aliphatic carbocycles. The van der Waals surface area contributed by atoms with Crippen molar-refractivity contribution in [3.8, 4) is 0 Å². The summed E-state index contributed by atoms with van der Waals surface area (Å²) in [6, 6.07) is 14.2. The summed E-state index contributed by atoms with van der Waals surface area (Å²) in [4.78, 5) is 13.9. The number of carbonyl (C=O) groups excluding carboxylic acids is 1. The molecule has 0 atom stereocenters. The van der Waals surface area contributed by atoms with Crippen molar-refractivity contribution in [3.63, 3.8) is 0 Å². The largest absolute Gasteiger partial charge is 0.370 e. The second kappa shape index (κ2) is 6.86. The first-order valence-electron chi connectivity index (χ1n) is 8.38. The second-order valence-electron chi connectivity index (χ2n) is 6.28. The lowest BCUT2D eigenvalue weighted by atomic mass is 10.1. The van der Waals surface area contributed by atoms with Gasteiger partial charge < -0.3 is 10.2 Å². The summed E-state index contributed by atoms with van der Waals surface area (Å²) < 4.78 is 0. The highest BCUT2D eigenvalue weighted by molar-refractivity contribution is 5.94. The molecule has 1 aliphatic rings. The number of carbonyl (C=O) groups is 1. The minimum atomic E-state index is 0.0986. The molecule has 1 saturated heterocycles. The summed E-state index contributed by atoms with van der Waals surface area (Å²) in [5.74, 6) is 0.0986. The van der Waals surface area contributed by atoms with Crippen LogP contribution in [-0.4, -0.2) is 18.9 Å². The molecule has 120 valence electrons. The standard InChI is InChI=1S/C20H24N2O/c1-15-7-6-8-19(22-13-4-3-5-14-22)20(15)21-18-11-9-17(10-12-18)16(2)23/h6-12,21H,3-5,13-14H2,1-2H3. The van der Waals surface area contributed by atoms with Gasteiger partial charge in [0.05, 0.1) is 11.4 Å². The topological polar surface area (TPSA) is 32.3 Å². The van der Waals surface area contributed by atoms with Crippen LogP contribution in [-0.2, 0) is 0 Å². The fraction of sp³-hybridized carbons (Fsp3) is 0.350. The quantitative estimate of drug-likeness (QED) is 0.813. The molecule has 0 unspecified atom stereocenters. The summed E-state index contributed by atoms with van der Waals surface area (Å²) in [7, 11) is 0. The number of rotatable bonds is 4. The molecule has 0 saturated carbocycles. The molecule has 1 fully saturated rings. The fourth-order valence-electron chi connectivity index (χ4n) is 3.15. The van der Waals surface area contributed by atoms with E-state index in [0.717, 1.165) is 24.3 Å². The molecule has 0 bridgehead atoms. The second-order valence-corrected chi connectivity index (χ2v) is 6.28. The first-order valence-corrected chi connectivity index (χ1v) is 8.38. The van der Waals surface area contributed by atoms with Gasteiger partial charge in [0.15, 0.2) is 5.78 Å². The number of para-hydroxylation sites is 1. The maximum Gasteiger partial charge on any atom is 0.159 e. The zero-order valence-corrected chi connectivity index (χ0v) is 13.9. The third-order valence-electron chi connectivity index (χ3n) is 4.51. The van der Waals surface area contributed by atoms with E-state index in [4.69, 9.17) is 0 Å². The SMILES string of the molecule is CC(=O)c1ccc(Nc2c(C)cccc2N2CCCCC2)cc1. The fourth-order valence-corrected chi connectivity index (χ4v) is 3.15. The van der Waals surface area contributed by atoms with Crippen molar-refractivity contribution in [3.05, 3.63) is 53.6 Å². The van der Waals surface area contributed by atoms with E-state index in [0.29, 0.717) is 0 Å². The number of benzene rings is 2. The van der Waals surface area contributed by atoms with Crippen molar-refractivity contribution >= 4 is 22.8 Å². The summed E-state index contributed by atoms with van der Waals surface area (Å²) in [5, 5.41) is 3.55. The number of nitrogens with zero attached hydrogens (tertiary/aromatic N) is 1. The highest BCUT2D eigenvalue weighted by Gasteiger charge is 2.15. The van der Waals surface area contributed by atoms with Crippen molar-refractivity contribution in [1.29, 1.82) is 0 Å². The third kappa shape index (κ3) is 3.55. The van der Waals surface area contributed by atoms with Crippen LogP contribution in [0.3, 0.4) is 0 Å². The van der Waals surface area contributed by atoms with Crippen LogP contribution < -0.4 is 10.2 Å². The van der Waals surface area contributed by atoms with Crippen LogP contribution in [0.15, 0.2) is 42.5 Å². The molecule has 0 aromatic heterocycles. The lowest BCUT2D eigenvalue weighted by molar-refractivity contribution is 0.101. The molecule has 2 aromatic rings. The number of aryl methyl sites for hydroxylation is 1. The number of anilines is 3. The summed E-state index contributed by atoms with van der Waals surface area (Å²) in [5.41, 5.74) is 5.45. The molecule has 1 aliphatic heterocycles. The van der Waals surface area contributed by atoms with E-state index < -0.39 is 0 Å². The van der Waals surface area contributed by atoms with E-state index in [-0.39, 0.29) is 5.78 Å². The Balaban J connectivity index is 1.88. The van der Waals surface area contributed by atoms with Crippen LogP contribution in [0.25, 0.3) is 0 Å². The van der Waals surface area contributed by atoms with Gasteiger partial charge in [-0.2, -0.15) is 0 Å². The zero-order chi connectivity index (χ0) is 16.2. The minimum Gasteiger partial charge on any atom is -0.370 e. The molecule has 0 radical (unpaired) electrons. The van der Waals surface area contributed by atoms with Crippen LogP contribution >= 0.6 is 0 Å². The predicted molar refractivity (Wildman–Crippen MR) is 97.0 cm³/mol. The Hall–Kier alpha value is -2.29. The van der Waals surface area contributed by atoms with Gasteiger partial charge in [0.1, 0.15) is 0 Å². The number of hydrogen-bond donors (Lipinski definition) is 1. The van der Waals surface area contributed by atoms with Gasteiger partial charge in [-0.1, -0.05) is 12.1 Å². The van der Waals surface area contributed by atoms with E-state index in [2.05, 4.69) is 35.3 Å². The molecule has 0 spiro atoms. The number of Topliss-reactive ketones (excluding diaryl/α,β-unsaturated/α-hetero) is 1. The lowest BCUT2D eigenvalue weighted by Gasteiger charge is -2.31. The van der Waals surface area contributed by atoms with Gasteiger partial charge in [-0.15, -0.1) is 0 Å². The van der Waals surface area contributed by atoms with Gasteiger partial charge in [-0.05, 0) is 69.0 Å². The lowest BCUT2D eigenvalue weighted by Crippen LogP contribution is -2.30. The Morgan fingerprint density at radius 3 is 2.35 bits per heavy atom. The first kappa shape index (κ1) is 15.6. The van der Waals surface area contributed by atoms with E-state index in [1.165, 1.54) is 36.2 Å². The maximum atomic E-state index is 11.4. The van der Waals surface area contributed by atoms with Crippen molar-refractivity contribution < 1.29 is 4.79 Å². The van der Waals surface area contributed by atoms with Gasteiger partial charge in [0, 0.05) is 24.3 Å². The van der Waals surface area contributed by atoms with Gasteiger partial charge >= 0.3 is 0 Å². The van der Waals surface area contributed by atoms with Crippen LogP contribution in [0, 0.1) is 6.92 Å². The number of piperidine rings is 1. The Labute approximate surface area is 138 Å². The monoisotopic (exact) mass is 308 g/mol. The number of ketones is 1. The van der Waals surface area contributed by atoms with Crippen molar-refractivity contribution in [2.75, 3.05) is 23.3 Å². The Morgan fingerprint density at radius 2 is 1.70 bits per heavy atom. The maximum absolute atomic E-state index is 11.4. The third-order valence-corrected chi connectivity index (χ3v) is 4.51. The van der Waals surface area contributed by atoms with Gasteiger partial charge in [0.2, 0.25) is 0 Å². The van der Waals surface area contributed by atoms with Gasteiger partial charge in [-0.3, -0.25) is 4.79 Å². The molecule has 3 heteroatoms. The first-order chi connectivity index (χ1) is 11.1. The van der Waals surface area contributed by atoms with Crippen molar-refractivity contribution in [2.45, 2.75) is 33.1 Å². The Morgan fingerprint density at radius 1 is 1.00 bits per heavy atom. The van der Waals surface area contributed by atoms with E-state index >= 15 is 0 Å². The summed E-state index contributed by atoms with van der Waals surface area (Å²) >= 11 is 0. The molecule has 2 aromatic carbocycles. The molecule has 3 nitrogen and oxygen atoms in total. The Kier molecular flexibility index (Phi) is 4.65. The molecular formula is C20H24N2O. The summed E-state index contributed by atoms with van der Waals surface area (Å²) in [6.45, 7) is 5.99. The van der Waals surface area contributed by atoms with Gasteiger partial charge in [0.25, 0.3) is 0 Å². The molecule has 23 heavy (non-hydrogen) atoms. The van der Waals surface area contributed by atoms with E-state index in [1.54, 1.807) is 6.92 Å². The van der Waals surface area contributed by atoms with Crippen LogP contribution in [0.4, 0.5) is 17.1 Å². The Bertz CT molecular complexity index is 685. The highest BCUT2D eigenvalue weighted by Crippen LogP contribution is 2.33. The summed E-state index contributed by atoms with van der Waals surface area (Å²) in [6.07, 6.45) is 3.86. The van der Waals surface area contributed by atoms with Crippen LogP contribution in [0.5, 0.6) is 0 Å². The molecule has 3 rings (SSSR count). The zero-order valence-electron chi connectivity index (χ0n) is 13.9. The van der Waals surface area contributed by atoms with Crippen molar-refractivity contribution in [2.24, 2.45) is 0 Å². The molecule has 1 heterocycles. The average molecular weight is 308 g/mol. The van der Waals surface area contributed by atoms with Crippen LogP contribution in [0.1, 0.15) is 42.1 Å². The number of hydrogen-bond acceptors (Lipinski definition) is 3. The number of nitrogens with one attached hydrogen (secondary N) is 1. The molecule has 1 N–H and O–H groups in total. The van der Waals surface area contributed by atoms with Gasteiger partial charge in [-0.25, -0.2) is 0 Å². The minimum absolute atomic E-state index is 0.0986. The normalized spacial score (nSPS) is 14.6.